The summed E-state index contributed by atoms with van der Waals surface area (Å²) in [4.78, 5) is 11.3. The summed E-state index contributed by atoms with van der Waals surface area (Å²) in [5.41, 5.74) is 4.96. The third-order valence-corrected chi connectivity index (χ3v) is 3.47. The molecule has 3 heteroatoms. The molecule has 92 valence electrons. The van der Waals surface area contributed by atoms with Crippen LogP contribution in [-0.2, 0) is 10.2 Å². The largest absolute Gasteiger partial charge is 0.294 e. The number of benzene rings is 1. The van der Waals surface area contributed by atoms with Gasteiger partial charge < -0.3 is 0 Å². The number of amides is 1. The first-order valence-corrected chi connectivity index (χ1v) is 6.04. The van der Waals surface area contributed by atoms with Gasteiger partial charge in [0.15, 0.2) is 0 Å². The molecular formula is C14H20N2O. The summed E-state index contributed by atoms with van der Waals surface area (Å²) < 4.78 is 0. The Hall–Kier alpha value is -1.35. The number of nitrogens with two attached hydrogens (primary N) is 1. The first-order valence-electron chi connectivity index (χ1n) is 6.04. The van der Waals surface area contributed by atoms with Crippen molar-refractivity contribution >= 4 is 5.91 Å². The maximum Gasteiger partial charge on any atom is 0.237 e. The van der Waals surface area contributed by atoms with Crippen LogP contribution < -0.4 is 11.3 Å². The Bertz CT molecular complexity index is 417. The molecule has 2 unspecified atom stereocenters. The molecule has 0 saturated heterocycles. The molecular weight excluding hydrogens is 212 g/mol. The topological polar surface area (TPSA) is 55.1 Å². The summed E-state index contributed by atoms with van der Waals surface area (Å²) in [6, 6.07) is 8.58. The van der Waals surface area contributed by atoms with Gasteiger partial charge in [-0.05, 0) is 28.9 Å². The van der Waals surface area contributed by atoms with Gasteiger partial charge in [0.2, 0.25) is 5.91 Å². The molecule has 1 saturated carbocycles. The fourth-order valence-electron chi connectivity index (χ4n) is 2.19. The van der Waals surface area contributed by atoms with Gasteiger partial charge in [-0.25, -0.2) is 5.84 Å². The van der Waals surface area contributed by atoms with Crippen LogP contribution in [0.4, 0.5) is 0 Å². The van der Waals surface area contributed by atoms with Crippen LogP contribution >= 0.6 is 0 Å². The van der Waals surface area contributed by atoms with E-state index in [1.54, 1.807) is 0 Å². The monoisotopic (exact) mass is 232 g/mol. The minimum Gasteiger partial charge on any atom is -0.294 e. The van der Waals surface area contributed by atoms with Crippen molar-refractivity contribution in [2.45, 2.75) is 38.5 Å². The van der Waals surface area contributed by atoms with Gasteiger partial charge in [0, 0.05) is 5.92 Å². The first kappa shape index (κ1) is 12.1. The number of hydrazine groups is 1. The second-order valence-corrected chi connectivity index (χ2v) is 5.83. The number of hydrogen-bond acceptors (Lipinski definition) is 2. The van der Waals surface area contributed by atoms with Gasteiger partial charge in [0.1, 0.15) is 0 Å². The summed E-state index contributed by atoms with van der Waals surface area (Å²) in [6.45, 7) is 6.59. The maximum atomic E-state index is 11.3. The number of nitrogens with one attached hydrogen (secondary N) is 1. The molecule has 0 aliphatic heterocycles. The van der Waals surface area contributed by atoms with Gasteiger partial charge in [-0.2, -0.15) is 0 Å². The third-order valence-electron chi connectivity index (χ3n) is 3.47. The van der Waals surface area contributed by atoms with Crippen LogP contribution in [0.15, 0.2) is 24.3 Å². The van der Waals surface area contributed by atoms with E-state index >= 15 is 0 Å². The Balaban J connectivity index is 2.08. The highest BCUT2D eigenvalue weighted by Crippen LogP contribution is 2.47. The summed E-state index contributed by atoms with van der Waals surface area (Å²) in [5, 5.41) is 0. The minimum absolute atomic E-state index is 0.0464. The standard InChI is InChI=1S/C14H20N2O/c1-14(2,3)10-6-4-9(5-7-10)11-8-12(11)13(17)16-15/h4-7,11-12H,8,15H2,1-3H3,(H,16,17). The predicted molar refractivity (Wildman–Crippen MR) is 68.3 cm³/mol. The second-order valence-electron chi connectivity index (χ2n) is 5.83. The van der Waals surface area contributed by atoms with E-state index in [0.29, 0.717) is 5.92 Å². The fourth-order valence-corrected chi connectivity index (χ4v) is 2.19. The molecule has 0 heterocycles. The molecule has 0 spiro atoms. The van der Waals surface area contributed by atoms with Crippen molar-refractivity contribution in [2.75, 3.05) is 0 Å². The lowest BCUT2D eigenvalue weighted by Gasteiger charge is -2.19. The van der Waals surface area contributed by atoms with Crippen LogP contribution in [0.3, 0.4) is 0 Å². The quantitative estimate of drug-likeness (QED) is 0.466. The Morgan fingerprint density at radius 2 is 1.88 bits per heavy atom. The lowest BCUT2D eigenvalue weighted by molar-refractivity contribution is -0.122. The molecule has 1 aliphatic rings. The molecule has 1 fully saturated rings. The van der Waals surface area contributed by atoms with Crippen LogP contribution in [-0.4, -0.2) is 5.91 Å². The molecule has 1 aliphatic carbocycles. The van der Waals surface area contributed by atoms with Gasteiger partial charge in [-0.1, -0.05) is 45.0 Å². The summed E-state index contributed by atoms with van der Waals surface area (Å²) in [5.74, 6) is 5.51. The first-order chi connectivity index (χ1) is 7.93. The van der Waals surface area contributed by atoms with Crippen molar-refractivity contribution in [3.63, 3.8) is 0 Å². The molecule has 3 N–H and O–H groups in total. The summed E-state index contributed by atoms with van der Waals surface area (Å²) in [7, 11) is 0. The fraction of sp³-hybridized carbons (Fsp3) is 0.500. The Kier molecular flexibility index (Phi) is 2.96. The highest BCUT2D eigenvalue weighted by molar-refractivity contribution is 5.82. The van der Waals surface area contributed by atoms with E-state index in [1.165, 1.54) is 11.1 Å². The third kappa shape index (κ3) is 2.50. The molecule has 0 radical (unpaired) electrons. The van der Waals surface area contributed by atoms with E-state index in [-0.39, 0.29) is 17.2 Å². The number of rotatable bonds is 2. The zero-order chi connectivity index (χ0) is 12.6. The maximum absolute atomic E-state index is 11.3. The van der Waals surface area contributed by atoms with Gasteiger partial charge >= 0.3 is 0 Å². The SMILES string of the molecule is CC(C)(C)c1ccc(C2CC2C(=O)NN)cc1. The van der Waals surface area contributed by atoms with Gasteiger partial charge in [-0.15, -0.1) is 0 Å². The van der Waals surface area contributed by atoms with E-state index in [4.69, 9.17) is 5.84 Å². The van der Waals surface area contributed by atoms with Crippen LogP contribution in [0.5, 0.6) is 0 Å². The zero-order valence-electron chi connectivity index (χ0n) is 10.7. The van der Waals surface area contributed by atoms with E-state index in [2.05, 4.69) is 50.5 Å². The molecule has 1 aromatic carbocycles. The van der Waals surface area contributed by atoms with Gasteiger partial charge in [0.25, 0.3) is 0 Å². The minimum atomic E-state index is -0.0464. The summed E-state index contributed by atoms with van der Waals surface area (Å²) >= 11 is 0. The van der Waals surface area contributed by atoms with Crippen molar-refractivity contribution in [3.8, 4) is 0 Å². The van der Waals surface area contributed by atoms with E-state index < -0.39 is 0 Å². The number of carbonyl (C=O) groups excluding carboxylic acids is 1. The molecule has 2 atom stereocenters. The lowest BCUT2D eigenvalue weighted by atomic mass is 9.86. The lowest BCUT2D eigenvalue weighted by Crippen LogP contribution is -2.31. The van der Waals surface area contributed by atoms with Gasteiger partial charge in [-0.3, -0.25) is 10.2 Å². The highest BCUT2D eigenvalue weighted by atomic mass is 16.2. The highest BCUT2D eigenvalue weighted by Gasteiger charge is 2.43. The van der Waals surface area contributed by atoms with Crippen LogP contribution in [0.1, 0.15) is 44.2 Å². The van der Waals surface area contributed by atoms with Crippen molar-refractivity contribution in [1.29, 1.82) is 0 Å². The van der Waals surface area contributed by atoms with Crippen LogP contribution in [0.2, 0.25) is 0 Å². The predicted octanol–water partition coefficient (Wildman–Crippen LogP) is 2.08. The van der Waals surface area contributed by atoms with Crippen LogP contribution in [0.25, 0.3) is 0 Å². The normalized spacial score (nSPS) is 23.3. The second kappa shape index (κ2) is 4.15. The van der Waals surface area contributed by atoms with Crippen molar-refractivity contribution in [2.24, 2.45) is 11.8 Å². The summed E-state index contributed by atoms with van der Waals surface area (Å²) in [6.07, 6.45) is 0.915. The zero-order valence-corrected chi connectivity index (χ0v) is 10.7. The Labute approximate surface area is 102 Å². The van der Waals surface area contributed by atoms with E-state index in [9.17, 15) is 4.79 Å². The Morgan fingerprint density at radius 1 is 1.29 bits per heavy atom. The molecule has 3 nitrogen and oxygen atoms in total. The van der Waals surface area contributed by atoms with E-state index in [0.717, 1.165) is 6.42 Å². The smallest absolute Gasteiger partial charge is 0.237 e. The number of carbonyl (C=O) groups is 1. The van der Waals surface area contributed by atoms with Gasteiger partial charge in [0.05, 0.1) is 0 Å². The van der Waals surface area contributed by atoms with Crippen molar-refractivity contribution in [3.05, 3.63) is 35.4 Å². The Morgan fingerprint density at radius 3 is 2.35 bits per heavy atom. The average molecular weight is 232 g/mol. The van der Waals surface area contributed by atoms with Crippen LogP contribution in [0, 0.1) is 5.92 Å². The number of hydrogen-bond donors (Lipinski definition) is 2. The molecule has 17 heavy (non-hydrogen) atoms. The molecule has 0 bridgehead atoms. The molecule has 0 aromatic heterocycles. The van der Waals surface area contributed by atoms with Crippen molar-refractivity contribution < 1.29 is 4.79 Å². The van der Waals surface area contributed by atoms with Crippen molar-refractivity contribution in [1.82, 2.24) is 5.43 Å². The average Bonchev–Trinajstić information content (AvgIpc) is 3.07. The molecule has 2 rings (SSSR count). The van der Waals surface area contributed by atoms with E-state index in [1.807, 2.05) is 0 Å². The molecule has 1 aromatic rings. The molecule has 1 amide bonds.